The zero-order chi connectivity index (χ0) is 16.4. The molecule has 0 N–H and O–H groups in total. The zero-order valence-corrected chi connectivity index (χ0v) is 14.6. The summed E-state index contributed by atoms with van der Waals surface area (Å²) in [6, 6.07) is 15.7. The van der Waals surface area contributed by atoms with Gasteiger partial charge in [0, 0.05) is 14.9 Å². The molecule has 0 aliphatic rings. The summed E-state index contributed by atoms with van der Waals surface area (Å²) >= 11 is 19.0. The van der Waals surface area contributed by atoms with Gasteiger partial charge < -0.3 is 4.74 Å². The molecule has 0 fully saturated rings. The van der Waals surface area contributed by atoms with Gasteiger partial charge in [0.15, 0.2) is 0 Å². The Hall–Kier alpha value is -1.52. The minimum Gasteiger partial charge on any atom is -0.421 e. The summed E-state index contributed by atoms with van der Waals surface area (Å²) in [5.41, 5.74) is 0.989. The Labute approximate surface area is 152 Å². The lowest BCUT2D eigenvalue weighted by Gasteiger charge is -2.05. The highest BCUT2D eigenvalue weighted by Gasteiger charge is 2.14. The number of carbonyl (C=O) groups excluding carboxylic acids is 1. The minimum absolute atomic E-state index is 0.280. The van der Waals surface area contributed by atoms with E-state index in [1.54, 1.807) is 18.2 Å². The van der Waals surface area contributed by atoms with E-state index in [2.05, 4.69) is 0 Å². The molecule has 2 nitrogen and oxygen atoms in total. The van der Waals surface area contributed by atoms with E-state index in [0.717, 1.165) is 10.4 Å². The van der Waals surface area contributed by atoms with Gasteiger partial charge in [-0.2, -0.15) is 0 Å². The van der Waals surface area contributed by atoms with Crippen LogP contribution in [-0.2, 0) is 0 Å². The quantitative estimate of drug-likeness (QED) is 0.376. The van der Waals surface area contributed by atoms with Gasteiger partial charge in [0.1, 0.15) is 10.6 Å². The van der Waals surface area contributed by atoms with Crippen molar-refractivity contribution >= 4 is 52.1 Å². The maximum Gasteiger partial charge on any atom is 0.353 e. The summed E-state index contributed by atoms with van der Waals surface area (Å²) in [4.78, 5) is 13.7. The van der Waals surface area contributed by atoms with Crippen molar-refractivity contribution in [3.63, 3.8) is 0 Å². The van der Waals surface area contributed by atoms with Crippen LogP contribution in [0.1, 0.15) is 9.67 Å². The molecule has 0 saturated heterocycles. The molecule has 1 heterocycles. The number of hydrogen-bond acceptors (Lipinski definition) is 3. The highest BCUT2D eigenvalue weighted by molar-refractivity contribution is 7.17. The summed E-state index contributed by atoms with van der Waals surface area (Å²) in [5.74, 6) is -0.179. The van der Waals surface area contributed by atoms with Crippen molar-refractivity contribution in [1.82, 2.24) is 0 Å². The Morgan fingerprint density at radius 1 is 0.870 bits per heavy atom. The molecule has 0 atom stereocenters. The fourth-order valence-electron chi connectivity index (χ4n) is 1.93. The highest BCUT2D eigenvalue weighted by atomic mass is 35.5. The number of carbonyl (C=O) groups is 1. The molecule has 116 valence electrons. The number of hydrogen-bond donors (Lipinski definition) is 0. The SMILES string of the molecule is O=C(Oc1ccc(Cl)cc1Cl)c1ccc(-c2ccc(Cl)cc2)s1. The second-order valence-electron chi connectivity index (χ2n) is 4.64. The summed E-state index contributed by atoms with van der Waals surface area (Å²) in [6.45, 7) is 0. The molecule has 23 heavy (non-hydrogen) atoms. The van der Waals surface area contributed by atoms with Crippen LogP contribution in [0.2, 0.25) is 15.1 Å². The van der Waals surface area contributed by atoms with Crippen LogP contribution >= 0.6 is 46.1 Å². The topological polar surface area (TPSA) is 26.3 Å². The van der Waals surface area contributed by atoms with E-state index in [9.17, 15) is 4.79 Å². The van der Waals surface area contributed by atoms with Crippen molar-refractivity contribution in [2.45, 2.75) is 0 Å². The van der Waals surface area contributed by atoms with Crippen LogP contribution in [0, 0.1) is 0 Å². The van der Waals surface area contributed by atoms with Crippen LogP contribution in [0.5, 0.6) is 5.75 Å². The van der Waals surface area contributed by atoms with E-state index < -0.39 is 5.97 Å². The number of benzene rings is 2. The third kappa shape index (κ3) is 3.88. The molecule has 3 rings (SSSR count). The van der Waals surface area contributed by atoms with Crippen LogP contribution in [-0.4, -0.2) is 5.97 Å². The molecular formula is C17H9Cl3O2S. The summed E-state index contributed by atoms with van der Waals surface area (Å²) in [5, 5.41) is 1.44. The van der Waals surface area contributed by atoms with Crippen LogP contribution in [0.15, 0.2) is 54.6 Å². The van der Waals surface area contributed by atoms with Crippen LogP contribution in [0.25, 0.3) is 10.4 Å². The maximum absolute atomic E-state index is 12.2. The first-order valence-electron chi connectivity index (χ1n) is 6.56. The Bertz CT molecular complexity index is 857. The Morgan fingerprint density at radius 3 is 2.26 bits per heavy atom. The molecule has 0 radical (unpaired) electrons. The first-order chi connectivity index (χ1) is 11.0. The molecular weight excluding hydrogens is 375 g/mol. The van der Waals surface area contributed by atoms with Crippen molar-refractivity contribution in [2.24, 2.45) is 0 Å². The highest BCUT2D eigenvalue weighted by Crippen LogP contribution is 2.32. The van der Waals surface area contributed by atoms with Crippen LogP contribution in [0.4, 0.5) is 0 Å². The minimum atomic E-state index is -0.459. The van der Waals surface area contributed by atoms with Crippen molar-refractivity contribution in [3.8, 4) is 16.2 Å². The number of ether oxygens (including phenoxy) is 1. The summed E-state index contributed by atoms with van der Waals surface area (Å²) in [6.07, 6.45) is 0. The van der Waals surface area contributed by atoms with Crippen molar-refractivity contribution < 1.29 is 9.53 Å². The molecule has 3 aromatic rings. The number of rotatable bonds is 3. The van der Waals surface area contributed by atoms with Gasteiger partial charge in [-0.15, -0.1) is 11.3 Å². The standard InChI is InChI=1S/C17H9Cl3O2S/c18-11-3-1-10(2-4-11)15-7-8-16(23-15)17(21)22-14-6-5-12(19)9-13(14)20/h1-9H. The van der Waals surface area contributed by atoms with E-state index in [1.165, 1.54) is 17.4 Å². The molecule has 0 saturated carbocycles. The van der Waals surface area contributed by atoms with Crippen LogP contribution < -0.4 is 4.74 Å². The lowest BCUT2D eigenvalue weighted by molar-refractivity contribution is 0.0740. The average Bonchev–Trinajstić information content (AvgIpc) is 3.01. The van der Waals surface area contributed by atoms with Crippen LogP contribution in [0.3, 0.4) is 0 Å². The van der Waals surface area contributed by atoms with E-state index in [0.29, 0.717) is 19.9 Å². The van der Waals surface area contributed by atoms with E-state index in [4.69, 9.17) is 39.5 Å². The van der Waals surface area contributed by atoms with E-state index in [1.807, 2.05) is 30.3 Å². The van der Waals surface area contributed by atoms with Crippen molar-refractivity contribution in [3.05, 3.63) is 74.5 Å². The number of halogens is 3. The van der Waals surface area contributed by atoms with E-state index in [-0.39, 0.29) is 5.75 Å². The third-order valence-electron chi connectivity index (χ3n) is 3.03. The zero-order valence-electron chi connectivity index (χ0n) is 11.6. The summed E-state index contributed by atoms with van der Waals surface area (Å²) in [7, 11) is 0. The Kier molecular flexibility index (Phi) is 4.93. The number of esters is 1. The van der Waals surface area contributed by atoms with Gasteiger partial charge in [-0.3, -0.25) is 0 Å². The average molecular weight is 384 g/mol. The van der Waals surface area contributed by atoms with Gasteiger partial charge in [0.2, 0.25) is 0 Å². The molecule has 0 spiro atoms. The second kappa shape index (κ2) is 6.93. The fraction of sp³-hybridized carbons (Fsp3) is 0. The van der Waals surface area contributed by atoms with Gasteiger partial charge >= 0.3 is 5.97 Å². The lowest BCUT2D eigenvalue weighted by Crippen LogP contribution is -2.06. The van der Waals surface area contributed by atoms with Gasteiger partial charge in [-0.1, -0.05) is 46.9 Å². The fourth-order valence-corrected chi connectivity index (χ4v) is 3.39. The third-order valence-corrected chi connectivity index (χ3v) is 4.93. The smallest absolute Gasteiger partial charge is 0.353 e. The first kappa shape index (κ1) is 16.3. The van der Waals surface area contributed by atoms with Gasteiger partial charge in [-0.05, 0) is 48.0 Å². The van der Waals surface area contributed by atoms with Crippen molar-refractivity contribution in [2.75, 3.05) is 0 Å². The second-order valence-corrected chi connectivity index (χ2v) is 7.00. The van der Waals surface area contributed by atoms with Gasteiger partial charge in [0.05, 0.1) is 5.02 Å². The molecule has 2 aromatic carbocycles. The Balaban J connectivity index is 1.79. The Morgan fingerprint density at radius 2 is 1.57 bits per heavy atom. The summed E-state index contributed by atoms with van der Waals surface area (Å²) < 4.78 is 5.31. The van der Waals surface area contributed by atoms with Gasteiger partial charge in [-0.25, -0.2) is 4.79 Å². The molecule has 0 unspecified atom stereocenters. The van der Waals surface area contributed by atoms with E-state index >= 15 is 0 Å². The van der Waals surface area contributed by atoms with Crippen molar-refractivity contribution in [1.29, 1.82) is 0 Å². The monoisotopic (exact) mass is 382 g/mol. The molecule has 6 heteroatoms. The first-order valence-corrected chi connectivity index (χ1v) is 8.51. The van der Waals surface area contributed by atoms with Gasteiger partial charge in [0.25, 0.3) is 0 Å². The normalized spacial score (nSPS) is 10.6. The molecule has 0 aliphatic carbocycles. The maximum atomic E-state index is 12.2. The number of thiophene rings is 1. The molecule has 0 amide bonds. The lowest BCUT2D eigenvalue weighted by atomic mass is 10.2. The molecule has 0 aliphatic heterocycles. The predicted molar refractivity (Wildman–Crippen MR) is 96.2 cm³/mol. The largest absolute Gasteiger partial charge is 0.421 e. The predicted octanol–water partition coefficient (Wildman–Crippen LogP) is 6.59. The molecule has 0 bridgehead atoms. The molecule has 1 aromatic heterocycles.